The van der Waals surface area contributed by atoms with Crippen LogP contribution >= 0.6 is 0 Å². The number of ether oxygens (including phenoxy) is 1. The normalized spacial score (nSPS) is 18.1. The van der Waals surface area contributed by atoms with Gasteiger partial charge in [0, 0.05) is 24.2 Å². The molecule has 1 aliphatic heterocycles. The lowest BCUT2D eigenvalue weighted by molar-refractivity contribution is -0.385. The van der Waals surface area contributed by atoms with Gasteiger partial charge in [-0.1, -0.05) is 18.2 Å². The Morgan fingerprint density at radius 2 is 1.96 bits per heavy atom. The second-order valence-corrected chi connectivity index (χ2v) is 6.31. The van der Waals surface area contributed by atoms with Gasteiger partial charge in [0.25, 0.3) is 5.69 Å². The fraction of sp³-hybridized carbons (Fsp3) is 0.278. The van der Waals surface area contributed by atoms with Crippen LogP contribution in [0.5, 0.6) is 5.75 Å². The van der Waals surface area contributed by atoms with Crippen molar-refractivity contribution in [2.45, 2.75) is 31.8 Å². The molecule has 1 heterocycles. The van der Waals surface area contributed by atoms with E-state index >= 15 is 0 Å². The van der Waals surface area contributed by atoms with E-state index in [4.69, 9.17) is 4.74 Å². The van der Waals surface area contributed by atoms with Crippen molar-refractivity contribution in [2.75, 3.05) is 0 Å². The number of carbonyl (C=O) groups excluding carboxylic acids is 1. The first kappa shape index (κ1) is 19.5. The molecule has 28 heavy (non-hydrogen) atoms. The Morgan fingerprint density at radius 3 is 2.64 bits per heavy atom. The van der Waals surface area contributed by atoms with E-state index in [0.717, 1.165) is 17.7 Å². The van der Waals surface area contributed by atoms with Crippen LogP contribution in [0.2, 0.25) is 0 Å². The van der Waals surface area contributed by atoms with Crippen molar-refractivity contribution in [1.82, 2.24) is 10.6 Å². The third-order valence-electron chi connectivity index (χ3n) is 4.29. The lowest BCUT2D eigenvalue weighted by atomic mass is 10.1. The van der Waals surface area contributed by atoms with Crippen LogP contribution in [0.4, 0.5) is 23.7 Å². The highest BCUT2D eigenvalue weighted by Gasteiger charge is 2.33. The molecule has 2 N–H and O–H groups in total. The molecule has 0 fully saturated rings. The minimum Gasteiger partial charge on any atom is -0.488 e. The summed E-state index contributed by atoms with van der Waals surface area (Å²) in [6, 6.07) is 8.34. The van der Waals surface area contributed by atoms with Crippen molar-refractivity contribution in [1.29, 1.82) is 0 Å². The maximum atomic E-state index is 12.9. The number of nitrogens with zero attached hydrogens (tertiary/aromatic N) is 1. The third-order valence-corrected chi connectivity index (χ3v) is 4.29. The molecule has 0 bridgehead atoms. The van der Waals surface area contributed by atoms with Crippen molar-refractivity contribution in [3.05, 3.63) is 69.3 Å². The predicted octanol–water partition coefficient (Wildman–Crippen LogP) is 3.94. The van der Waals surface area contributed by atoms with Crippen LogP contribution in [0, 0.1) is 10.1 Å². The van der Waals surface area contributed by atoms with Gasteiger partial charge in [0.2, 0.25) is 0 Å². The number of urea groups is 1. The number of hydrogen-bond donors (Lipinski definition) is 2. The number of rotatable bonds is 4. The number of carbonyl (C=O) groups is 1. The number of nitrogens with one attached hydrogen (secondary N) is 2. The highest BCUT2D eigenvalue weighted by Crippen LogP contribution is 2.36. The molecule has 7 nitrogen and oxygen atoms in total. The number of nitro benzene ring substituents is 1. The molecule has 10 heteroatoms. The van der Waals surface area contributed by atoms with E-state index in [-0.39, 0.29) is 18.2 Å². The second-order valence-electron chi connectivity index (χ2n) is 6.31. The number of fused-ring (bicyclic) bond motifs is 1. The van der Waals surface area contributed by atoms with E-state index in [9.17, 15) is 28.1 Å². The topological polar surface area (TPSA) is 93.5 Å². The Hall–Kier alpha value is -3.30. The number of para-hydroxylation sites is 1. The van der Waals surface area contributed by atoms with Crippen LogP contribution in [0.1, 0.15) is 29.7 Å². The maximum absolute atomic E-state index is 12.9. The summed E-state index contributed by atoms with van der Waals surface area (Å²) in [7, 11) is 0. The van der Waals surface area contributed by atoms with E-state index in [1.54, 1.807) is 31.2 Å². The second kappa shape index (κ2) is 7.37. The highest BCUT2D eigenvalue weighted by atomic mass is 19.4. The minimum atomic E-state index is -4.73. The van der Waals surface area contributed by atoms with Gasteiger partial charge in [0.1, 0.15) is 11.9 Å². The number of alkyl halides is 3. The van der Waals surface area contributed by atoms with Gasteiger partial charge in [-0.15, -0.1) is 0 Å². The summed E-state index contributed by atoms with van der Waals surface area (Å²) in [5, 5.41) is 16.0. The molecule has 0 radical (unpaired) electrons. The maximum Gasteiger partial charge on any atom is 0.416 e. The molecule has 148 valence electrons. The molecule has 2 aromatic carbocycles. The zero-order valence-corrected chi connectivity index (χ0v) is 14.6. The molecule has 2 unspecified atom stereocenters. The molecule has 2 amide bonds. The first-order valence-corrected chi connectivity index (χ1v) is 8.30. The molecule has 2 atom stereocenters. The van der Waals surface area contributed by atoms with E-state index < -0.39 is 34.4 Å². The van der Waals surface area contributed by atoms with Gasteiger partial charge in [-0.25, -0.2) is 4.79 Å². The Kier molecular flexibility index (Phi) is 5.12. The van der Waals surface area contributed by atoms with E-state index in [0.29, 0.717) is 11.8 Å². The van der Waals surface area contributed by atoms with Gasteiger partial charge in [-0.3, -0.25) is 10.1 Å². The fourth-order valence-corrected chi connectivity index (χ4v) is 2.98. The molecular weight excluding hydrogens is 379 g/mol. The van der Waals surface area contributed by atoms with Crippen LogP contribution in [0.15, 0.2) is 42.5 Å². The monoisotopic (exact) mass is 395 g/mol. The van der Waals surface area contributed by atoms with Crippen LogP contribution in [-0.4, -0.2) is 17.1 Å². The van der Waals surface area contributed by atoms with Crippen LogP contribution < -0.4 is 15.4 Å². The average molecular weight is 395 g/mol. The van der Waals surface area contributed by atoms with Gasteiger partial charge >= 0.3 is 12.2 Å². The number of non-ortho nitro benzene ring substituents is 1. The first-order valence-electron chi connectivity index (χ1n) is 8.30. The number of halogens is 3. The Balaban J connectivity index is 1.70. The molecule has 0 spiro atoms. The average Bonchev–Trinajstić information content (AvgIpc) is 2.94. The molecule has 0 saturated heterocycles. The molecule has 0 aromatic heterocycles. The summed E-state index contributed by atoms with van der Waals surface area (Å²) in [6.45, 7) is 1.47. The quantitative estimate of drug-likeness (QED) is 0.606. The van der Waals surface area contributed by atoms with Gasteiger partial charge in [0.05, 0.1) is 16.5 Å². The van der Waals surface area contributed by atoms with Crippen LogP contribution in [-0.2, 0) is 12.7 Å². The Labute approximate surface area is 157 Å². The van der Waals surface area contributed by atoms with Gasteiger partial charge in [-0.2, -0.15) is 13.2 Å². The van der Waals surface area contributed by atoms with Crippen molar-refractivity contribution in [2.24, 2.45) is 0 Å². The van der Waals surface area contributed by atoms with E-state index in [2.05, 4.69) is 10.6 Å². The molecular formula is C18H16F3N3O4. The van der Waals surface area contributed by atoms with Gasteiger partial charge in [-0.05, 0) is 24.6 Å². The SMILES string of the molecule is CC1Oc2ccccc2C1NC(=O)NCc1cc([N+](=O)[O-])cc(C(F)(F)F)c1. The zero-order valence-electron chi connectivity index (χ0n) is 14.6. The summed E-state index contributed by atoms with van der Waals surface area (Å²) < 4.78 is 44.4. The van der Waals surface area contributed by atoms with Crippen LogP contribution in [0.3, 0.4) is 0 Å². The molecule has 3 rings (SSSR count). The number of hydrogen-bond acceptors (Lipinski definition) is 4. The summed E-state index contributed by atoms with van der Waals surface area (Å²) in [4.78, 5) is 22.2. The van der Waals surface area contributed by atoms with Gasteiger partial charge < -0.3 is 15.4 Å². The largest absolute Gasteiger partial charge is 0.488 e. The molecule has 0 saturated carbocycles. The van der Waals surface area contributed by atoms with E-state index in [1.165, 1.54) is 0 Å². The zero-order chi connectivity index (χ0) is 20.5. The van der Waals surface area contributed by atoms with E-state index in [1.807, 2.05) is 0 Å². The lowest BCUT2D eigenvalue weighted by Gasteiger charge is -2.17. The van der Waals surface area contributed by atoms with Crippen molar-refractivity contribution >= 4 is 11.7 Å². The third kappa shape index (κ3) is 4.16. The Bertz CT molecular complexity index is 917. The Morgan fingerprint density at radius 1 is 1.25 bits per heavy atom. The number of nitro groups is 1. The number of benzene rings is 2. The summed E-state index contributed by atoms with van der Waals surface area (Å²) in [5.41, 5.74) is -1.09. The summed E-state index contributed by atoms with van der Waals surface area (Å²) >= 11 is 0. The first-order chi connectivity index (χ1) is 13.1. The highest BCUT2D eigenvalue weighted by molar-refractivity contribution is 5.75. The summed E-state index contributed by atoms with van der Waals surface area (Å²) in [5.74, 6) is 0.647. The molecule has 1 aliphatic rings. The van der Waals surface area contributed by atoms with Gasteiger partial charge in [0.15, 0.2) is 0 Å². The lowest BCUT2D eigenvalue weighted by Crippen LogP contribution is -2.40. The van der Waals surface area contributed by atoms with Crippen molar-refractivity contribution < 1.29 is 27.6 Å². The summed E-state index contributed by atoms with van der Waals surface area (Å²) in [6.07, 6.45) is -5.05. The van der Waals surface area contributed by atoms with Crippen LogP contribution in [0.25, 0.3) is 0 Å². The standard InChI is InChI=1S/C18H16F3N3O4/c1-10-16(14-4-2-3-5-15(14)28-10)23-17(25)22-9-11-6-12(18(19,20)21)8-13(7-11)24(26)27/h2-8,10,16H,9H2,1H3,(H2,22,23,25). The minimum absolute atomic E-state index is 0.0344. The van der Waals surface area contributed by atoms with Crippen molar-refractivity contribution in [3.63, 3.8) is 0 Å². The van der Waals surface area contributed by atoms with Crippen molar-refractivity contribution in [3.8, 4) is 5.75 Å². The smallest absolute Gasteiger partial charge is 0.416 e. The number of amides is 2. The molecule has 0 aliphatic carbocycles. The fourth-order valence-electron chi connectivity index (χ4n) is 2.98. The predicted molar refractivity (Wildman–Crippen MR) is 92.7 cm³/mol. The molecule has 2 aromatic rings.